The summed E-state index contributed by atoms with van der Waals surface area (Å²) in [5.74, 6) is 0.0494. The number of anilines is 2. The summed E-state index contributed by atoms with van der Waals surface area (Å²) in [6.07, 6.45) is 0.868. The number of hydrogen-bond donors (Lipinski definition) is 1. The van der Waals surface area contributed by atoms with Gasteiger partial charge in [0.1, 0.15) is 17.5 Å². The molecule has 0 saturated heterocycles. The zero-order valence-corrected chi connectivity index (χ0v) is 20.6. The van der Waals surface area contributed by atoms with Gasteiger partial charge in [0.15, 0.2) is 5.82 Å². The number of carbonyl (C=O) groups is 1. The molecular weight excluding hydrogens is 482 g/mol. The smallest absolute Gasteiger partial charge is 0.226 e. The molecule has 0 radical (unpaired) electrons. The number of benzene rings is 4. The molecule has 1 heterocycles. The molecule has 5 aromatic rings. The first kappa shape index (κ1) is 25.0. The molecule has 0 aliphatic carbocycles. The first-order valence-corrected chi connectivity index (χ1v) is 12.4. The summed E-state index contributed by atoms with van der Waals surface area (Å²) in [4.78, 5) is 24.5. The van der Waals surface area contributed by atoms with E-state index in [4.69, 9.17) is 9.97 Å². The van der Waals surface area contributed by atoms with Crippen LogP contribution in [-0.2, 0) is 11.2 Å². The largest absolute Gasteiger partial charge is 0.355 e. The number of nitrogens with zero attached hydrogens (tertiary/aromatic N) is 3. The van der Waals surface area contributed by atoms with Gasteiger partial charge in [-0.2, -0.15) is 0 Å². The number of fused-ring (bicyclic) bond motifs is 1. The minimum absolute atomic E-state index is 0.132. The highest BCUT2D eigenvalue weighted by atomic mass is 19.1. The molecule has 7 heteroatoms. The van der Waals surface area contributed by atoms with Crippen LogP contribution in [0.4, 0.5) is 20.3 Å². The predicted octanol–water partition coefficient (Wildman–Crippen LogP) is 6.65. The number of nitrogens with one attached hydrogen (secondary N) is 1. The van der Waals surface area contributed by atoms with Crippen LogP contribution < -0.4 is 10.2 Å². The number of rotatable bonds is 9. The van der Waals surface area contributed by atoms with E-state index in [2.05, 4.69) is 22.3 Å². The Morgan fingerprint density at radius 3 is 2.26 bits per heavy atom. The predicted molar refractivity (Wildman–Crippen MR) is 147 cm³/mol. The van der Waals surface area contributed by atoms with Gasteiger partial charge in [0.25, 0.3) is 0 Å². The van der Waals surface area contributed by atoms with Gasteiger partial charge in [-0.05, 0) is 60.5 Å². The molecule has 0 fully saturated rings. The third kappa shape index (κ3) is 6.00. The van der Waals surface area contributed by atoms with Crippen molar-refractivity contribution in [2.24, 2.45) is 0 Å². The number of aromatic nitrogens is 2. The Hall–Kier alpha value is -4.65. The number of hydrogen-bond acceptors (Lipinski definition) is 4. The molecule has 1 amide bonds. The third-order valence-electron chi connectivity index (χ3n) is 6.26. The average molecular weight is 509 g/mol. The van der Waals surface area contributed by atoms with Crippen LogP contribution in [0.3, 0.4) is 0 Å². The van der Waals surface area contributed by atoms with Crippen molar-refractivity contribution in [2.45, 2.75) is 12.8 Å². The van der Waals surface area contributed by atoms with E-state index < -0.39 is 5.82 Å². The molecule has 0 aliphatic rings. The molecule has 0 unspecified atom stereocenters. The van der Waals surface area contributed by atoms with Crippen molar-refractivity contribution in [3.63, 3.8) is 0 Å². The molecule has 5 rings (SSSR count). The van der Waals surface area contributed by atoms with Gasteiger partial charge in [-0.25, -0.2) is 18.7 Å². The molecular formula is C31H26F2N4O. The zero-order chi connectivity index (χ0) is 26.3. The van der Waals surface area contributed by atoms with E-state index in [9.17, 15) is 13.6 Å². The quantitative estimate of drug-likeness (QED) is 0.242. The Bertz CT molecular complexity index is 1540. The highest BCUT2D eigenvalue weighted by Gasteiger charge is 2.18. The van der Waals surface area contributed by atoms with E-state index in [0.29, 0.717) is 30.3 Å². The fourth-order valence-electron chi connectivity index (χ4n) is 4.27. The molecule has 1 aromatic heterocycles. The summed E-state index contributed by atoms with van der Waals surface area (Å²) in [5.41, 5.74) is 2.75. The maximum Gasteiger partial charge on any atom is 0.226 e. The molecule has 0 aliphatic heterocycles. The highest BCUT2D eigenvalue weighted by Crippen LogP contribution is 2.28. The summed E-state index contributed by atoms with van der Waals surface area (Å²) in [5, 5.41) is 3.51. The maximum absolute atomic E-state index is 14.1. The van der Waals surface area contributed by atoms with E-state index in [1.165, 1.54) is 24.3 Å². The van der Waals surface area contributed by atoms with Crippen LogP contribution in [0.2, 0.25) is 0 Å². The summed E-state index contributed by atoms with van der Waals surface area (Å²) in [7, 11) is 0. The minimum Gasteiger partial charge on any atom is -0.355 e. The second-order valence-corrected chi connectivity index (χ2v) is 8.90. The number of halogens is 2. The Kier molecular flexibility index (Phi) is 7.64. The van der Waals surface area contributed by atoms with E-state index in [1.807, 2.05) is 42.5 Å². The number of amides is 1. The van der Waals surface area contributed by atoms with E-state index in [-0.39, 0.29) is 23.8 Å². The van der Waals surface area contributed by atoms with E-state index in [0.717, 1.165) is 22.9 Å². The van der Waals surface area contributed by atoms with Crippen LogP contribution in [-0.4, -0.2) is 29.0 Å². The lowest BCUT2D eigenvalue weighted by atomic mass is 10.1. The van der Waals surface area contributed by atoms with Crippen LogP contribution in [0.25, 0.3) is 22.3 Å². The van der Waals surface area contributed by atoms with Gasteiger partial charge in [-0.3, -0.25) is 4.79 Å². The van der Waals surface area contributed by atoms with Crippen molar-refractivity contribution >= 4 is 28.3 Å². The van der Waals surface area contributed by atoms with Gasteiger partial charge in [-0.15, -0.1) is 0 Å². The summed E-state index contributed by atoms with van der Waals surface area (Å²) in [6, 6.07) is 29.9. The van der Waals surface area contributed by atoms with Crippen molar-refractivity contribution in [3.8, 4) is 11.4 Å². The first-order chi connectivity index (χ1) is 18.6. The van der Waals surface area contributed by atoms with Crippen molar-refractivity contribution < 1.29 is 13.6 Å². The molecule has 1 N–H and O–H groups in total. The standard InChI is InChI=1S/C31H26F2N4O/c32-24-16-14-23(15-17-24)30-35-27-12-6-4-10-25(27)31(36-30)37(20-18-22-8-2-1-3-9-22)21-19-29(38)34-28-13-7-5-11-26(28)33/h1-17H,18-21H2,(H,34,38). The lowest BCUT2D eigenvalue weighted by molar-refractivity contribution is -0.116. The zero-order valence-electron chi connectivity index (χ0n) is 20.6. The fraction of sp³-hybridized carbons (Fsp3) is 0.129. The fourth-order valence-corrected chi connectivity index (χ4v) is 4.27. The second-order valence-electron chi connectivity index (χ2n) is 8.90. The molecule has 4 aromatic carbocycles. The van der Waals surface area contributed by atoms with Gasteiger partial charge >= 0.3 is 0 Å². The van der Waals surface area contributed by atoms with Gasteiger partial charge in [0.2, 0.25) is 5.91 Å². The summed E-state index contributed by atoms with van der Waals surface area (Å²) in [6.45, 7) is 0.956. The lowest BCUT2D eigenvalue weighted by Gasteiger charge is -2.25. The lowest BCUT2D eigenvalue weighted by Crippen LogP contribution is -2.31. The monoisotopic (exact) mass is 508 g/mol. The number of carbonyl (C=O) groups excluding carboxylic acids is 1. The van der Waals surface area contributed by atoms with E-state index >= 15 is 0 Å². The van der Waals surface area contributed by atoms with Gasteiger partial charge in [-0.1, -0.05) is 54.6 Å². The Balaban J connectivity index is 1.47. The molecule has 5 nitrogen and oxygen atoms in total. The first-order valence-electron chi connectivity index (χ1n) is 12.4. The van der Waals surface area contributed by atoms with Crippen molar-refractivity contribution in [1.29, 1.82) is 0 Å². The Morgan fingerprint density at radius 2 is 1.47 bits per heavy atom. The van der Waals surface area contributed by atoms with Crippen LogP contribution >= 0.6 is 0 Å². The topological polar surface area (TPSA) is 58.1 Å². The maximum atomic E-state index is 14.1. The van der Waals surface area contributed by atoms with Crippen molar-refractivity contribution in [1.82, 2.24) is 9.97 Å². The Morgan fingerprint density at radius 1 is 0.763 bits per heavy atom. The van der Waals surface area contributed by atoms with Crippen LogP contribution in [0.15, 0.2) is 103 Å². The Labute approximate surface area is 219 Å². The molecule has 0 bridgehead atoms. The molecule has 38 heavy (non-hydrogen) atoms. The molecule has 0 spiro atoms. The number of para-hydroxylation sites is 2. The van der Waals surface area contributed by atoms with Crippen LogP contribution in [0, 0.1) is 11.6 Å². The van der Waals surface area contributed by atoms with Gasteiger partial charge in [0, 0.05) is 30.5 Å². The van der Waals surface area contributed by atoms with Crippen molar-refractivity contribution in [2.75, 3.05) is 23.3 Å². The van der Waals surface area contributed by atoms with Gasteiger partial charge in [0.05, 0.1) is 11.2 Å². The van der Waals surface area contributed by atoms with Crippen molar-refractivity contribution in [3.05, 3.63) is 120 Å². The third-order valence-corrected chi connectivity index (χ3v) is 6.26. The summed E-state index contributed by atoms with van der Waals surface area (Å²) < 4.78 is 27.6. The van der Waals surface area contributed by atoms with E-state index in [1.54, 1.807) is 24.3 Å². The normalized spacial score (nSPS) is 10.9. The molecule has 0 atom stereocenters. The highest BCUT2D eigenvalue weighted by molar-refractivity contribution is 5.93. The average Bonchev–Trinajstić information content (AvgIpc) is 2.95. The minimum atomic E-state index is -0.479. The summed E-state index contributed by atoms with van der Waals surface area (Å²) >= 11 is 0. The SMILES string of the molecule is O=C(CCN(CCc1ccccc1)c1nc(-c2ccc(F)cc2)nc2ccccc12)Nc1ccccc1F. The second kappa shape index (κ2) is 11.6. The van der Waals surface area contributed by atoms with Crippen LogP contribution in [0.1, 0.15) is 12.0 Å². The van der Waals surface area contributed by atoms with Crippen LogP contribution in [0.5, 0.6) is 0 Å². The molecule has 190 valence electrons. The van der Waals surface area contributed by atoms with Gasteiger partial charge < -0.3 is 10.2 Å². The molecule has 0 saturated carbocycles.